The van der Waals surface area contributed by atoms with Crippen LogP contribution < -0.4 is 5.32 Å². The second kappa shape index (κ2) is 3.97. The maximum atomic E-state index is 3.46. The highest BCUT2D eigenvalue weighted by molar-refractivity contribution is 5.38. The summed E-state index contributed by atoms with van der Waals surface area (Å²) in [6, 6.07) is 6.92. The van der Waals surface area contributed by atoms with Crippen molar-refractivity contribution < 1.29 is 0 Å². The van der Waals surface area contributed by atoms with E-state index >= 15 is 0 Å². The lowest BCUT2D eigenvalue weighted by atomic mass is 9.93. The number of nitrogens with one attached hydrogen (secondary N) is 1. The third-order valence-corrected chi connectivity index (χ3v) is 3.91. The molecule has 1 aromatic rings. The SMILES string of the molecule is c1cc2c(c(CC3CCNC3)c1)CCC2. The van der Waals surface area contributed by atoms with E-state index in [0.29, 0.717) is 0 Å². The number of fused-ring (bicyclic) bond motifs is 1. The molecule has 1 unspecified atom stereocenters. The van der Waals surface area contributed by atoms with Gasteiger partial charge in [-0.3, -0.25) is 0 Å². The van der Waals surface area contributed by atoms with Crippen LogP contribution in [0.25, 0.3) is 0 Å². The van der Waals surface area contributed by atoms with Gasteiger partial charge >= 0.3 is 0 Å². The molecule has 1 N–H and O–H groups in total. The van der Waals surface area contributed by atoms with Crippen LogP contribution in [0.4, 0.5) is 0 Å². The van der Waals surface area contributed by atoms with Crippen LogP contribution >= 0.6 is 0 Å². The van der Waals surface area contributed by atoms with Crippen LogP contribution in [-0.2, 0) is 19.3 Å². The van der Waals surface area contributed by atoms with Gasteiger partial charge in [-0.15, -0.1) is 0 Å². The van der Waals surface area contributed by atoms with Crippen LogP contribution in [0.1, 0.15) is 29.5 Å². The van der Waals surface area contributed by atoms with Crippen molar-refractivity contribution in [1.82, 2.24) is 5.32 Å². The second-order valence-electron chi connectivity index (χ2n) is 4.97. The number of hydrogen-bond donors (Lipinski definition) is 1. The Morgan fingerprint density at radius 3 is 3.13 bits per heavy atom. The summed E-state index contributed by atoms with van der Waals surface area (Å²) in [5, 5.41) is 3.46. The molecule has 1 saturated heterocycles. The maximum Gasteiger partial charge on any atom is -0.00169 e. The van der Waals surface area contributed by atoms with E-state index in [4.69, 9.17) is 0 Å². The summed E-state index contributed by atoms with van der Waals surface area (Å²) in [6.45, 7) is 2.45. The van der Waals surface area contributed by atoms with Crippen LogP contribution in [0.3, 0.4) is 0 Å². The fourth-order valence-electron chi connectivity index (χ4n) is 3.09. The van der Waals surface area contributed by atoms with Crippen molar-refractivity contribution in [2.45, 2.75) is 32.1 Å². The van der Waals surface area contributed by atoms with Crippen molar-refractivity contribution in [2.24, 2.45) is 5.92 Å². The van der Waals surface area contributed by atoms with E-state index in [1.165, 1.54) is 45.2 Å². The van der Waals surface area contributed by atoms with Gasteiger partial charge in [-0.25, -0.2) is 0 Å². The minimum absolute atomic E-state index is 0.886. The fourth-order valence-corrected chi connectivity index (χ4v) is 3.09. The predicted molar refractivity (Wildman–Crippen MR) is 63.1 cm³/mol. The molecule has 15 heavy (non-hydrogen) atoms. The zero-order valence-corrected chi connectivity index (χ0v) is 9.26. The zero-order valence-electron chi connectivity index (χ0n) is 9.26. The lowest BCUT2D eigenvalue weighted by Gasteiger charge is -2.12. The summed E-state index contributed by atoms with van der Waals surface area (Å²) in [6.07, 6.45) is 6.67. The van der Waals surface area contributed by atoms with Gasteiger partial charge < -0.3 is 5.32 Å². The van der Waals surface area contributed by atoms with Crippen molar-refractivity contribution in [3.8, 4) is 0 Å². The summed E-state index contributed by atoms with van der Waals surface area (Å²) in [7, 11) is 0. The molecular formula is C14H19N. The molecule has 1 fully saturated rings. The summed E-state index contributed by atoms with van der Waals surface area (Å²) >= 11 is 0. The zero-order chi connectivity index (χ0) is 10.1. The van der Waals surface area contributed by atoms with Crippen LogP contribution in [0.15, 0.2) is 18.2 Å². The standard InChI is InChI=1S/C14H19N/c1-3-12-4-2-6-14(12)13(5-1)9-11-7-8-15-10-11/h1,3,5,11,15H,2,4,6-10H2. The monoisotopic (exact) mass is 201 g/mol. The van der Waals surface area contributed by atoms with E-state index in [9.17, 15) is 0 Å². The van der Waals surface area contributed by atoms with Gasteiger partial charge in [0.1, 0.15) is 0 Å². The Kier molecular flexibility index (Phi) is 2.49. The molecule has 1 nitrogen and oxygen atoms in total. The lowest BCUT2D eigenvalue weighted by Crippen LogP contribution is -2.11. The van der Waals surface area contributed by atoms with Crippen LogP contribution in [0, 0.1) is 5.92 Å². The molecule has 2 aliphatic rings. The molecule has 80 valence electrons. The summed E-state index contributed by atoms with van der Waals surface area (Å²) in [5.74, 6) is 0.886. The summed E-state index contributed by atoms with van der Waals surface area (Å²) in [5.41, 5.74) is 4.95. The first-order valence-electron chi connectivity index (χ1n) is 6.24. The minimum atomic E-state index is 0.886. The fraction of sp³-hybridized carbons (Fsp3) is 0.571. The molecule has 1 heteroatoms. The molecule has 0 radical (unpaired) electrons. The first kappa shape index (κ1) is 9.41. The Bertz CT molecular complexity index is 350. The normalized spacial score (nSPS) is 24.4. The average Bonchev–Trinajstić information content (AvgIpc) is 2.87. The molecule has 0 spiro atoms. The largest absolute Gasteiger partial charge is 0.316 e. The molecule has 1 heterocycles. The summed E-state index contributed by atoms with van der Waals surface area (Å²) in [4.78, 5) is 0. The Balaban J connectivity index is 1.82. The van der Waals surface area contributed by atoms with E-state index in [2.05, 4.69) is 23.5 Å². The van der Waals surface area contributed by atoms with E-state index in [1.807, 2.05) is 0 Å². The molecule has 0 amide bonds. The van der Waals surface area contributed by atoms with Crippen molar-refractivity contribution in [1.29, 1.82) is 0 Å². The van der Waals surface area contributed by atoms with E-state index in [1.54, 1.807) is 16.7 Å². The van der Waals surface area contributed by atoms with Crippen molar-refractivity contribution in [3.05, 3.63) is 34.9 Å². The first-order chi connectivity index (χ1) is 7.43. The summed E-state index contributed by atoms with van der Waals surface area (Å²) < 4.78 is 0. The van der Waals surface area contributed by atoms with Gasteiger partial charge in [0.05, 0.1) is 0 Å². The molecule has 0 bridgehead atoms. The van der Waals surface area contributed by atoms with E-state index in [0.717, 1.165) is 5.92 Å². The predicted octanol–water partition coefficient (Wildman–Crippen LogP) is 2.33. The molecule has 1 aromatic carbocycles. The van der Waals surface area contributed by atoms with Crippen molar-refractivity contribution in [3.63, 3.8) is 0 Å². The van der Waals surface area contributed by atoms with Gasteiger partial charge in [0.15, 0.2) is 0 Å². The second-order valence-corrected chi connectivity index (χ2v) is 4.97. The first-order valence-corrected chi connectivity index (χ1v) is 6.24. The molecule has 0 aromatic heterocycles. The number of rotatable bonds is 2. The molecule has 1 aliphatic heterocycles. The van der Waals surface area contributed by atoms with Gasteiger partial charge in [0, 0.05) is 0 Å². The Morgan fingerprint density at radius 1 is 1.27 bits per heavy atom. The molecule has 1 atom stereocenters. The molecular weight excluding hydrogens is 182 g/mol. The van der Waals surface area contributed by atoms with Gasteiger partial charge in [0.2, 0.25) is 0 Å². The number of hydrogen-bond acceptors (Lipinski definition) is 1. The van der Waals surface area contributed by atoms with Crippen LogP contribution in [-0.4, -0.2) is 13.1 Å². The van der Waals surface area contributed by atoms with Crippen LogP contribution in [0.5, 0.6) is 0 Å². The van der Waals surface area contributed by atoms with Crippen LogP contribution in [0.2, 0.25) is 0 Å². The minimum Gasteiger partial charge on any atom is -0.316 e. The highest BCUT2D eigenvalue weighted by Crippen LogP contribution is 2.27. The third-order valence-electron chi connectivity index (χ3n) is 3.91. The van der Waals surface area contributed by atoms with Gasteiger partial charge in [-0.1, -0.05) is 18.2 Å². The Hall–Kier alpha value is -0.820. The van der Waals surface area contributed by atoms with Gasteiger partial charge in [-0.2, -0.15) is 0 Å². The maximum absolute atomic E-state index is 3.46. The molecule has 0 saturated carbocycles. The average molecular weight is 201 g/mol. The molecule has 3 rings (SSSR count). The van der Waals surface area contributed by atoms with Crippen molar-refractivity contribution in [2.75, 3.05) is 13.1 Å². The topological polar surface area (TPSA) is 12.0 Å². The van der Waals surface area contributed by atoms with E-state index in [-0.39, 0.29) is 0 Å². The highest BCUT2D eigenvalue weighted by Gasteiger charge is 2.19. The Labute approximate surface area is 91.9 Å². The van der Waals surface area contributed by atoms with Gasteiger partial charge in [0.25, 0.3) is 0 Å². The van der Waals surface area contributed by atoms with Gasteiger partial charge in [-0.05, 0) is 67.8 Å². The Morgan fingerprint density at radius 2 is 2.27 bits per heavy atom. The smallest absolute Gasteiger partial charge is 0.00169 e. The third kappa shape index (κ3) is 1.81. The molecule has 1 aliphatic carbocycles. The van der Waals surface area contributed by atoms with E-state index < -0.39 is 0 Å². The lowest BCUT2D eigenvalue weighted by molar-refractivity contribution is 0.577. The highest BCUT2D eigenvalue weighted by atomic mass is 14.9. The number of benzene rings is 1. The van der Waals surface area contributed by atoms with Crippen molar-refractivity contribution >= 4 is 0 Å². The quantitative estimate of drug-likeness (QED) is 0.774. The number of aryl methyl sites for hydroxylation is 1.